The number of fused-ring (bicyclic) bond motifs is 1. The number of H-pyrrole nitrogens is 1. The smallest absolute Gasteiger partial charge is 0.404 e. The number of aryl methyl sites for hydroxylation is 1. The highest BCUT2D eigenvalue weighted by molar-refractivity contribution is 5.83. The maximum atomic E-state index is 10.9. The molecule has 1 unspecified atom stereocenters. The Morgan fingerprint density at radius 2 is 2.05 bits per heavy atom. The number of aromatic amines is 1. The van der Waals surface area contributed by atoms with Crippen LogP contribution in [-0.2, 0) is 0 Å². The van der Waals surface area contributed by atoms with E-state index in [2.05, 4.69) is 15.5 Å². The Morgan fingerprint density at radius 1 is 1.27 bits per heavy atom. The Morgan fingerprint density at radius 3 is 2.77 bits per heavy atom. The number of nitrogens with zero attached hydrogens (tertiary/aromatic N) is 1. The summed E-state index contributed by atoms with van der Waals surface area (Å²) in [5.74, 6) is -0.131. The van der Waals surface area contributed by atoms with Crippen molar-refractivity contribution in [1.29, 1.82) is 0 Å². The van der Waals surface area contributed by atoms with E-state index in [-0.39, 0.29) is 12.5 Å². The summed E-state index contributed by atoms with van der Waals surface area (Å²) in [5.41, 5.74) is 4.01. The summed E-state index contributed by atoms with van der Waals surface area (Å²) in [4.78, 5) is 10.9. The van der Waals surface area contributed by atoms with Gasteiger partial charge in [0, 0.05) is 17.8 Å². The monoisotopic (exact) mass is 295 g/mol. The number of hydrogen-bond acceptors (Lipinski definition) is 2. The zero-order chi connectivity index (χ0) is 15.5. The summed E-state index contributed by atoms with van der Waals surface area (Å²) in [6, 6.07) is 15.9. The molecule has 1 heterocycles. The first kappa shape index (κ1) is 14.1. The first-order chi connectivity index (χ1) is 10.6. The van der Waals surface area contributed by atoms with Crippen LogP contribution in [0.15, 0.2) is 48.5 Å². The van der Waals surface area contributed by atoms with Crippen molar-refractivity contribution in [3.05, 3.63) is 65.4 Å². The minimum absolute atomic E-state index is 0.131. The van der Waals surface area contributed by atoms with Crippen LogP contribution in [-0.4, -0.2) is 27.9 Å². The predicted molar refractivity (Wildman–Crippen MR) is 85.1 cm³/mol. The molecule has 3 N–H and O–H groups in total. The van der Waals surface area contributed by atoms with Gasteiger partial charge in [-0.2, -0.15) is 5.10 Å². The topological polar surface area (TPSA) is 78.0 Å². The normalized spacial score (nSPS) is 12.2. The van der Waals surface area contributed by atoms with E-state index in [1.54, 1.807) is 0 Å². The maximum Gasteiger partial charge on any atom is 0.404 e. The van der Waals surface area contributed by atoms with E-state index in [1.807, 2.05) is 55.5 Å². The van der Waals surface area contributed by atoms with Crippen LogP contribution >= 0.6 is 0 Å². The minimum Gasteiger partial charge on any atom is -0.465 e. The van der Waals surface area contributed by atoms with Crippen LogP contribution in [0.1, 0.15) is 22.7 Å². The number of aromatic nitrogens is 2. The number of amides is 1. The van der Waals surface area contributed by atoms with Crippen molar-refractivity contribution >= 4 is 17.0 Å². The molecule has 22 heavy (non-hydrogen) atoms. The zero-order valence-electron chi connectivity index (χ0n) is 12.2. The second-order valence-electron chi connectivity index (χ2n) is 5.31. The third-order valence-corrected chi connectivity index (χ3v) is 3.74. The van der Waals surface area contributed by atoms with Crippen molar-refractivity contribution in [2.24, 2.45) is 0 Å². The fourth-order valence-corrected chi connectivity index (χ4v) is 2.67. The van der Waals surface area contributed by atoms with Crippen molar-refractivity contribution in [3.63, 3.8) is 0 Å². The van der Waals surface area contributed by atoms with Crippen LogP contribution in [0.2, 0.25) is 0 Å². The van der Waals surface area contributed by atoms with E-state index in [0.29, 0.717) is 0 Å². The number of hydrogen-bond donors (Lipinski definition) is 3. The lowest BCUT2D eigenvalue weighted by molar-refractivity contribution is 0.194. The lowest BCUT2D eigenvalue weighted by Crippen LogP contribution is -2.27. The van der Waals surface area contributed by atoms with Crippen LogP contribution in [0.4, 0.5) is 4.79 Å². The summed E-state index contributed by atoms with van der Waals surface area (Å²) in [7, 11) is 0. The lowest BCUT2D eigenvalue weighted by Gasteiger charge is -2.15. The van der Waals surface area contributed by atoms with Crippen LogP contribution in [0.25, 0.3) is 10.9 Å². The molecule has 0 aliphatic carbocycles. The van der Waals surface area contributed by atoms with Crippen LogP contribution in [0, 0.1) is 6.92 Å². The Labute approximate surface area is 128 Å². The molecule has 0 saturated heterocycles. The number of carbonyl (C=O) groups is 1. The molecular formula is C17H17N3O2. The average Bonchev–Trinajstić information content (AvgIpc) is 2.91. The molecule has 5 heteroatoms. The van der Waals surface area contributed by atoms with E-state index < -0.39 is 6.09 Å². The first-order valence-corrected chi connectivity index (χ1v) is 7.11. The second-order valence-corrected chi connectivity index (χ2v) is 5.31. The van der Waals surface area contributed by atoms with Crippen molar-refractivity contribution in [3.8, 4) is 0 Å². The summed E-state index contributed by atoms with van der Waals surface area (Å²) in [6.07, 6.45) is -1.03. The van der Waals surface area contributed by atoms with Gasteiger partial charge in [-0.25, -0.2) is 4.79 Å². The molecule has 0 saturated carbocycles. The fraction of sp³-hybridized carbons (Fsp3) is 0.176. The van der Waals surface area contributed by atoms with Gasteiger partial charge >= 0.3 is 6.09 Å². The highest BCUT2D eigenvalue weighted by Gasteiger charge is 2.20. The SMILES string of the molecule is Cc1ccc2c(C(CNC(=O)O)c3ccccc3)n[nH]c2c1. The van der Waals surface area contributed by atoms with Gasteiger partial charge in [-0.1, -0.05) is 42.5 Å². The number of nitrogens with one attached hydrogen (secondary N) is 2. The molecule has 2 aromatic carbocycles. The average molecular weight is 295 g/mol. The molecule has 1 aromatic heterocycles. The summed E-state index contributed by atoms with van der Waals surface area (Å²) >= 11 is 0. The van der Waals surface area contributed by atoms with Gasteiger partial charge in [-0.15, -0.1) is 0 Å². The molecule has 0 spiro atoms. The minimum atomic E-state index is -1.03. The molecule has 5 nitrogen and oxygen atoms in total. The molecule has 112 valence electrons. The Bertz CT molecular complexity index is 796. The van der Waals surface area contributed by atoms with Gasteiger partial charge in [0.15, 0.2) is 0 Å². The molecular weight excluding hydrogens is 278 g/mol. The number of benzene rings is 2. The molecule has 0 aliphatic rings. The number of rotatable bonds is 4. The predicted octanol–water partition coefficient (Wildman–Crippen LogP) is 3.27. The Kier molecular flexibility index (Phi) is 3.78. The molecule has 0 radical (unpaired) electrons. The summed E-state index contributed by atoms with van der Waals surface area (Å²) < 4.78 is 0. The van der Waals surface area contributed by atoms with Gasteiger partial charge in [0.05, 0.1) is 11.2 Å². The van der Waals surface area contributed by atoms with E-state index in [0.717, 1.165) is 27.7 Å². The van der Waals surface area contributed by atoms with Crippen molar-refractivity contribution in [2.75, 3.05) is 6.54 Å². The molecule has 0 fully saturated rings. The molecule has 0 bridgehead atoms. The lowest BCUT2D eigenvalue weighted by atomic mass is 9.93. The zero-order valence-corrected chi connectivity index (χ0v) is 12.2. The van der Waals surface area contributed by atoms with Gasteiger partial charge < -0.3 is 10.4 Å². The fourth-order valence-electron chi connectivity index (χ4n) is 2.67. The van der Waals surface area contributed by atoms with E-state index in [1.165, 1.54) is 0 Å². The van der Waals surface area contributed by atoms with Crippen molar-refractivity contribution in [1.82, 2.24) is 15.5 Å². The van der Waals surface area contributed by atoms with Gasteiger partial charge in [-0.05, 0) is 24.1 Å². The van der Waals surface area contributed by atoms with Gasteiger partial charge in [0.2, 0.25) is 0 Å². The van der Waals surface area contributed by atoms with E-state index >= 15 is 0 Å². The molecule has 1 amide bonds. The van der Waals surface area contributed by atoms with E-state index in [9.17, 15) is 4.79 Å². The van der Waals surface area contributed by atoms with Crippen LogP contribution < -0.4 is 5.32 Å². The summed E-state index contributed by atoms with van der Waals surface area (Å²) in [6.45, 7) is 2.31. The first-order valence-electron chi connectivity index (χ1n) is 7.11. The molecule has 0 aliphatic heterocycles. The Hall–Kier alpha value is -2.82. The third kappa shape index (κ3) is 2.79. The van der Waals surface area contributed by atoms with Crippen LogP contribution in [0.3, 0.4) is 0 Å². The van der Waals surface area contributed by atoms with Crippen LogP contribution in [0.5, 0.6) is 0 Å². The number of carboxylic acid groups (broad SMARTS) is 1. The standard InChI is InChI=1S/C17H17N3O2/c1-11-7-8-13-15(9-11)19-20-16(13)14(10-18-17(21)22)12-5-3-2-4-6-12/h2-9,14,18H,10H2,1H3,(H,19,20)(H,21,22). The third-order valence-electron chi connectivity index (χ3n) is 3.74. The quantitative estimate of drug-likeness (QED) is 0.691. The Balaban J connectivity index is 2.05. The van der Waals surface area contributed by atoms with E-state index in [4.69, 9.17) is 5.11 Å². The molecule has 1 atom stereocenters. The maximum absolute atomic E-state index is 10.9. The summed E-state index contributed by atoms with van der Waals surface area (Å²) in [5, 5.41) is 19.9. The molecule has 3 aromatic rings. The largest absolute Gasteiger partial charge is 0.465 e. The highest BCUT2D eigenvalue weighted by Crippen LogP contribution is 2.29. The van der Waals surface area contributed by atoms with Gasteiger partial charge in [0.1, 0.15) is 0 Å². The van der Waals surface area contributed by atoms with Crippen molar-refractivity contribution in [2.45, 2.75) is 12.8 Å². The van der Waals surface area contributed by atoms with Gasteiger partial charge in [0.25, 0.3) is 0 Å². The highest BCUT2D eigenvalue weighted by atomic mass is 16.4. The van der Waals surface area contributed by atoms with Gasteiger partial charge in [-0.3, -0.25) is 5.10 Å². The molecule has 3 rings (SSSR count). The second kappa shape index (κ2) is 5.89. The van der Waals surface area contributed by atoms with Crippen molar-refractivity contribution < 1.29 is 9.90 Å².